The average Bonchev–Trinajstić information content (AvgIpc) is 2.40. The van der Waals surface area contributed by atoms with Gasteiger partial charge in [0.25, 0.3) is 0 Å². The lowest BCUT2D eigenvalue weighted by Crippen LogP contribution is -2.15. The molecule has 104 valence electrons. The Morgan fingerprint density at radius 3 is 2.65 bits per heavy atom. The topological polar surface area (TPSA) is 38.0 Å². The summed E-state index contributed by atoms with van der Waals surface area (Å²) in [5.41, 5.74) is 10.3. The molecule has 0 spiro atoms. The number of nitrogens with two attached hydrogens (primary N) is 1. The van der Waals surface area contributed by atoms with Gasteiger partial charge >= 0.3 is 0 Å². The Hall–Kier alpha value is -1.39. The maximum absolute atomic E-state index is 5.78. The second kappa shape index (κ2) is 6.86. The first-order valence-electron chi connectivity index (χ1n) is 6.46. The number of thiocarbonyl (C=S) groups is 1. The number of rotatable bonds is 5. The molecule has 0 unspecified atom stereocenters. The molecule has 0 aromatic heterocycles. The molecule has 0 atom stereocenters. The minimum absolute atomic E-state index is 0.399. The van der Waals surface area contributed by atoms with Crippen LogP contribution in [0.15, 0.2) is 46.9 Å². The molecule has 0 aliphatic heterocycles. The minimum atomic E-state index is 0.399. The average molecular weight is 349 g/mol. The lowest BCUT2D eigenvalue weighted by molar-refractivity contribution is 1.00. The monoisotopic (exact) mass is 348 g/mol. The van der Waals surface area contributed by atoms with Gasteiger partial charge in [0.2, 0.25) is 0 Å². The highest BCUT2D eigenvalue weighted by Gasteiger charge is 2.08. The van der Waals surface area contributed by atoms with Gasteiger partial charge in [0.15, 0.2) is 0 Å². The molecule has 3 N–H and O–H groups in total. The second-order valence-electron chi connectivity index (χ2n) is 4.63. The lowest BCUT2D eigenvalue weighted by atomic mass is 10.1. The summed E-state index contributed by atoms with van der Waals surface area (Å²) in [4.78, 5) is 0.399. The van der Waals surface area contributed by atoms with E-state index >= 15 is 0 Å². The van der Waals surface area contributed by atoms with Crippen LogP contribution in [-0.4, -0.2) is 11.5 Å². The van der Waals surface area contributed by atoms with Gasteiger partial charge in [-0.3, -0.25) is 0 Å². The van der Waals surface area contributed by atoms with Crippen molar-refractivity contribution in [3.05, 3.63) is 63.6 Å². The molecule has 2 nitrogen and oxygen atoms in total. The zero-order valence-electron chi connectivity index (χ0n) is 11.3. The van der Waals surface area contributed by atoms with Crippen molar-refractivity contribution in [3.63, 3.8) is 0 Å². The highest BCUT2D eigenvalue weighted by molar-refractivity contribution is 9.10. The third kappa shape index (κ3) is 3.58. The van der Waals surface area contributed by atoms with Crippen LogP contribution in [0.5, 0.6) is 0 Å². The summed E-state index contributed by atoms with van der Waals surface area (Å²) >= 11 is 8.60. The van der Waals surface area contributed by atoms with Crippen molar-refractivity contribution in [2.45, 2.75) is 13.3 Å². The molecule has 0 radical (unpaired) electrons. The minimum Gasteiger partial charge on any atom is -0.389 e. The van der Waals surface area contributed by atoms with Gasteiger partial charge in [0, 0.05) is 22.3 Å². The van der Waals surface area contributed by atoms with Crippen molar-refractivity contribution in [1.29, 1.82) is 0 Å². The molecule has 0 heterocycles. The summed E-state index contributed by atoms with van der Waals surface area (Å²) in [7, 11) is 0. The van der Waals surface area contributed by atoms with Crippen molar-refractivity contribution in [3.8, 4) is 0 Å². The SMILES string of the molecule is Cc1ccccc1CCNc1cccc(Br)c1C(N)=S. The summed E-state index contributed by atoms with van der Waals surface area (Å²) in [6.07, 6.45) is 0.968. The van der Waals surface area contributed by atoms with Crippen molar-refractivity contribution >= 4 is 38.8 Å². The Labute approximate surface area is 133 Å². The van der Waals surface area contributed by atoms with Crippen LogP contribution >= 0.6 is 28.1 Å². The molecule has 0 aliphatic rings. The molecular weight excluding hydrogens is 332 g/mol. The number of aryl methyl sites for hydroxylation is 1. The fourth-order valence-corrected chi connectivity index (χ4v) is 3.08. The van der Waals surface area contributed by atoms with E-state index < -0.39 is 0 Å². The van der Waals surface area contributed by atoms with E-state index in [2.05, 4.69) is 52.4 Å². The molecule has 0 bridgehead atoms. The number of hydrogen-bond acceptors (Lipinski definition) is 2. The van der Waals surface area contributed by atoms with Gasteiger partial charge in [-0.05, 0) is 52.5 Å². The van der Waals surface area contributed by atoms with Crippen molar-refractivity contribution in [2.24, 2.45) is 5.73 Å². The molecule has 2 aromatic carbocycles. The van der Waals surface area contributed by atoms with Crippen LogP contribution in [0.4, 0.5) is 5.69 Å². The molecule has 4 heteroatoms. The van der Waals surface area contributed by atoms with Gasteiger partial charge in [-0.25, -0.2) is 0 Å². The van der Waals surface area contributed by atoms with E-state index in [4.69, 9.17) is 18.0 Å². The van der Waals surface area contributed by atoms with Gasteiger partial charge in [0.05, 0.1) is 0 Å². The first kappa shape index (κ1) is 15.0. The maximum atomic E-state index is 5.78. The van der Waals surface area contributed by atoms with E-state index in [9.17, 15) is 0 Å². The van der Waals surface area contributed by atoms with Crippen molar-refractivity contribution in [2.75, 3.05) is 11.9 Å². The Kier molecular flexibility index (Phi) is 5.15. The lowest BCUT2D eigenvalue weighted by Gasteiger charge is -2.13. The molecule has 0 aliphatic carbocycles. The van der Waals surface area contributed by atoms with E-state index in [1.807, 2.05) is 18.2 Å². The Morgan fingerprint density at radius 2 is 1.95 bits per heavy atom. The van der Waals surface area contributed by atoms with Crippen LogP contribution in [0, 0.1) is 6.92 Å². The van der Waals surface area contributed by atoms with Crippen LogP contribution in [0.3, 0.4) is 0 Å². The predicted octanol–water partition coefficient (Wildman–Crippen LogP) is 4.05. The summed E-state index contributed by atoms with van der Waals surface area (Å²) in [6, 6.07) is 14.3. The molecule has 0 saturated heterocycles. The Morgan fingerprint density at radius 1 is 1.20 bits per heavy atom. The molecular formula is C16H17BrN2S. The van der Waals surface area contributed by atoms with E-state index in [1.54, 1.807) is 0 Å². The molecule has 0 saturated carbocycles. The highest BCUT2D eigenvalue weighted by atomic mass is 79.9. The van der Waals surface area contributed by atoms with Crippen molar-refractivity contribution in [1.82, 2.24) is 0 Å². The predicted molar refractivity (Wildman–Crippen MR) is 93.4 cm³/mol. The first-order chi connectivity index (χ1) is 9.59. The van der Waals surface area contributed by atoms with Gasteiger partial charge in [-0.2, -0.15) is 0 Å². The van der Waals surface area contributed by atoms with Gasteiger partial charge < -0.3 is 11.1 Å². The smallest absolute Gasteiger partial charge is 0.107 e. The highest BCUT2D eigenvalue weighted by Crippen LogP contribution is 2.24. The number of nitrogens with one attached hydrogen (secondary N) is 1. The van der Waals surface area contributed by atoms with Crippen molar-refractivity contribution < 1.29 is 0 Å². The normalized spacial score (nSPS) is 10.3. The summed E-state index contributed by atoms with van der Waals surface area (Å²) < 4.78 is 0.922. The standard InChI is InChI=1S/C16H17BrN2S/c1-11-5-2-3-6-12(11)9-10-19-14-8-4-7-13(17)15(14)16(18)20/h2-8,19H,9-10H2,1H3,(H2,18,20). The summed E-state index contributed by atoms with van der Waals surface area (Å²) in [5, 5.41) is 3.41. The fraction of sp³-hybridized carbons (Fsp3) is 0.188. The van der Waals surface area contributed by atoms with Gasteiger partial charge in [-0.15, -0.1) is 0 Å². The number of benzene rings is 2. The van der Waals surface area contributed by atoms with Crippen LogP contribution in [0.25, 0.3) is 0 Å². The Balaban J connectivity index is 2.07. The zero-order chi connectivity index (χ0) is 14.5. The second-order valence-corrected chi connectivity index (χ2v) is 5.92. The summed E-state index contributed by atoms with van der Waals surface area (Å²) in [5.74, 6) is 0. The van der Waals surface area contributed by atoms with E-state index in [0.29, 0.717) is 4.99 Å². The van der Waals surface area contributed by atoms with Gasteiger partial charge in [0.1, 0.15) is 4.99 Å². The third-order valence-electron chi connectivity index (χ3n) is 3.23. The van der Waals surface area contributed by atoms with E-state index in [0.717, 1.165) is 28.7 Å². The number of halogens is 1. The largest absolute Gasteiger partial charge is 0.389 e. The molecule has 0 amide bonds. The molecule has 2 aromatic rings. The molecule has 0 fully saturated rings. The number of anilines is 1. The molecule has 20 heavy (non-hydrogen) atoms. The van der Waals surface area contributed by atoms with Crippen LogP contribution in [0.1, 0.15) is 16.7 Å². The number of hydrogen-bond donors (Lipinski definition) is 2. The fourth-order valence-electron chi connectivity index (χ4n) is 2.14. The van der Waals surface area contributed by atoms with E-state index in [1.165, 1.54) is 11.1 Å². The quantitative estimate of drug-likeness (QED) is 0.800. The van der Waals surface area contributed by atoms with Crippen LogP contribution in [-0.2, 0) is 6.42 Å². The maximum Gasteiger partial charge on any atom is 0.107 e. The van der Waals surface area contributed by atoms with Crippen LogP contribution in [0.2, 0.25) is 0 Å². The zero-order valence-corrected chi connectivity index (χ0v) is 13.7. The van der Waals surface area contributed by atoms with Gasteiger partial charge in [-0.1, -0.05) is 42.5 Å². The summed E-state index contributed by atoms with van der Waals surface area (Å²) in [6.45, 7) is 2.98. The third-order valence-corrected chi connectivity index (χ3v) is 4.10. The molecule has 2 rings (SSSR count). The van der Waals surface area contributed by atoms with E-state index in [-0.39, 0.29) is 0 Å². The first-order valence-corrected chi connectivity index (χ1v) is 7.66. The van der Waals surface area contributed by atoms with Crippen LogP contribution < -0.4 is 11.1 Å². The Bertz CT molecular complexity index is 626.